The van der Waals surface area contributed by atoms with Gasteiger partial charge in [0.2, 0.25) is 5.78 Å². The smallest absolute Gasteiger partial charge is 0.290 e. The summed E-state index contributed by atoms with van der Waals surface area (Å²) in [6, 6.07) is 13.1. The van der Waals surface area contributed by atoms with Crippen molar-refractivity contribution in [3.05, 3.63) is 81.0 Å². The van der Waals surface area contributed by atoms with E-state index in [2.05, 4.69) is 4.98 Å². The van der Waals surface area contributed by atoms with Crippen LogP contribution in [-0.2, 0) is 9.53 Å². The van der Waals surface area contributed by atoms with Crippen LogP contribution >= 0.6 is 22.9 Å². The van der Waals surface area contributed by atoms with E-state index in [1.54, 1.807) is 20.1 Å². The second kappa shape index (κ2) is 9.97. The molecule has 1 aliphatic heterocycles. The number of aryl methyl sites for hydroxylation is 1. The van der Waals surface area contributed by atoms with E-state index in [4.69, 9.17) is 16.3 Å². The molecule has 2 N–H and O–H groups in total. The first-order valence-electron chi connectivity index (χ1n) is 10.6. The Morgan fingerprint density at radius 1 is 1.21 bits per heavy atom. The number of carbonyl (C=O) groups excluding carboxylic acids is 2. The van der Waals surface area contributed by atoms with Gasteiger partial charge in [0.1, 0.15) is 10.8 Å². The number of Topliss-reactive ketones (excluding diaryl/α,β-unsaturated/α-hetero) is 1. The number of benzene rings is 2. The Hall–Kier alpha value is -3.20. The molecule has 4 rings (SSSR count). The minimum atomic E-state index is -0.864. The van der Waals surface area contributed by atoms with Crippen LogP contribution in [-0.4, -0.2) is 52.0 Å². The minimum absolute atomic E-state index is 0.0319. The van der Waals surface area contributed by atoms with Gasteiger partial charge in [-0.15, -0.1) is 11.3 Å². The molecule has 0 saturated carbocycles. The molecule has 1 aromatic heterocycles. The highest BCUT2D eigenvalue weighted by Gasteiger charge is 2.44. The molecular formula is C25H23ClN2O5S. The SMILES string of the molecule is COCCCN1C(=O)C(O)=C(C(=O)c2sc(-c3ccccc3)nc2C)C1c1ccc(O)c(Cl)c1. The number of ketones is 1. The van der Waals surface area contributed by atoms with Crippen LogP contribution in [0.15, 0.2) is 59.9 Å². The fraction of sp³-hybridized carbons (Fsp3) is 0.240. The van der Waals surface area contributed by atoms with Crippen molar-refractivity contribution in [2.75, 3.05) is 20.3 Å². The predicted molar refractivity (Wildman–Crippen MR) is 130 cm³/mol. The van der Waals surface area contributed by atoms with Crippen LogP contribution in [0.4, 0.5) is 0 Å². The summed E-state index contributed by atoms with van der Waals surface area (Å²) in [7, 11) is 1.56. The lowest BCUT2D eigenvalue weighted by Gasteiger charge is -2.27. The number of hydrogen-bond acceptors (Lipinski definition) is 7. The van der Waals surface area contributed by atoms with E-state index in [9.17, 15) is 19.8 Å². The number of aliphatic hydroxyl groups is 1. The summed E-state index contributed by atoms with van der Waals surface area (Å²) in [5, 5.41) is 21.4. The molecule has 1 atom stereocenters. The van der Waals surface area contributed by atoms with Crippen molar-refractivity contribution in [1.82, 2.24) is 9.88 Å². The number of methoxy groups -OCH3 is 1. The average molecular weight is 499 g/mol. The molecule has 9 heteroatoms. The number of nitrogens with zero attached hydrogens (tertiary/aromatic N) is 2. The fourth-order valence-corrected chi connectivity index (χ4v) is 5.18. The normalized spacial score (nSPS) is 15.9. The number of aromatic hydroxyl groups is 1. The molecular weight excluding hydrogens is 476 g/mol. The van der Waals surface area contributed by atoms with E-state index in [1.165, 1.54) is 28.4 Å². The standard InChI is InChI=1S/C25H23ClN2O5S/c1-14-23(34-24(27-14)15-7-4-3-5-8-15)21(30)19-20(16-9-10-18(29)17(26)13-16)28(11-6-12-33-2)25(32)22(19)31/h3-5,7-10,13,20,29,31H,6,11-12H2,1-2H3. The molecule has 34 heavy (non-hydrogen) atoms. The van der Waals surface area contributed by atoms with Gasteiger partial charge in [-0.3, -0.25) is 9.59 Å². The number of rotatable bonds is 8. The second-order valence-corrected chi connectivity index (χ2v) is 9.26. The number of carbonyl (C=O) groups is 2. The molecule has 0 bridgehead atoms. The van der Waals surface area contributed by atoms with Gasteiger partial charge >= 0.3 is 0 Å². The van der Waals surface area contributed by atoms with E-state index in [1.807, 2.05) is 30.3 Å². The van der Waals surface area contributed by atoms with E-state index in [0.29, 0.717) is 34.2 Å². The Balaban J connectivity index is 1.77. The molecule has 0 fully saturated rings. The molecule has 1 amide bonds. The lowest BCUT2D eigenvalue weighted by molar-refractivity contribution is -0.129. The fourth-order valence-electron chi connectivity index (χ4n) is 3.97. The summed E-state index contributed by atoms with van der Waals surface area (Å²) in [6.45, 7) is 2.40. The maximum atomic E-state index is 13.7. The number of hydrogen-bond donors (Lipinski definition) is 2. The Kier molecular flexibility index (Phi) is 7.02. The highest BCUT2D eigenvalue weighted by Crippen LogP contribution is 2.42. The maximum absolute atomic E-state index is 13.7. The highest BCUT2D eigenvalue weighted by atomic mass is 35.5. The molecule has 176 valence electrons. The second-order valence-electron chi connectivity index (χ2n) is 7.85. The zero-order chi connectivity index (χ0) is 24.4. The van der Waals surface area contributed by atoms with E-state index < -0.39 is 23.5 Å². The van der Waals surface area contributed by atoms with Crippen LogP contribution in [0.1, 0.15) is 33.4 Å². The predicted octanol–water partition coefficient (Wildman–Crippen LogP) is 5.09. The third kappa shape index (κ3) is 4.44. The highest BCUT2D eigenvalue weighted by molar-refractivity contribution is 7.17. The van der Waals surface area contributed by atoms with Crippen LogP contribution in [0.3, 0.4) is 0 Å². The number of ether oxygens (including phenoxy) is 1. The molecule has 0 spiro atoms. The van der Waals surface area contributed by atoms with Crippen molar-refractivity contribution in [2.24, 2.45) is 0 Å². The van der Waals surface area contributed by atoms with Crippen LogP contribution < -0.4 is 0 Å². The van der Waals surface area contributed by atoms with Crippen LogP contribution in [0, 0.1) is 6.92 Å². The average Bonchev–Trinajstić information content (AvgIpc) is 3.34. The first-order valence-corrected chi connectivity index (χ1v) is 11.8. The largest absolute Gasteiger partial charge is 0.506 e. The summed E-state index contributed by atoms with van der Waals surface area (Å²) in [4.78, 5) is 33.1. The van der Waals surface area contributed by atoms with Gasteiger partial charge in [-0.25, -0.2) is 4.98 Å². The van der Waals surface area contributed by atoms with E-state index in [0.717, 1.165) is 5.56 Å². The van der Waals surface area contributed by atoms with Crippen molar-refractivity contribution in [3.8, 4) is 16.3 Å². The van der Waals surface area contributed by atoms with Gasteiger partial charge in [-0.05, 0) is 31.0 Å². The lowest BCUT2D eigenvalue weighted by atomic mass is 9.95. The Labute approximate surface area is 205 Å². The zero-order valence-electron chi connectivity index (χ0n) is 18.6. The Morgan fingerprint density at radius 2 is 1.94 bits per heavy atom. The minimum Gasteiger partial charge on any atom is -0.506 e. The van der Waals surface area contributed by atoms with Gasteiger partial charge in [-0.2, -0.15) is 0 Å². The third-order valence-electron chi connectivity index (χ3n) is 5.61. The molecule has 0 saturated heterocycles. The monoisotopic (exact) mass is 498 g/mol. The summed E-state index contributed by atoms with van der Waals surface area (Å²) in [6.07, 6.45) is 0.511. The van der Waals surface area contributed by atoms with Crippen LogP contribution in [0.25, 0.3) is 10.6 Å². The van der Waals surface area contributed by atoms with Crippen molar-refractivity contribution < 1.29 is 24.5 Å². The molecule has 1 unspecified atom stereocenters. The van der Waals surface area contributed by atoms with Crippen molar-refractivity contribution in [2.45, 2.75) is 19.4 Å². The first kappa shape index (κ1) is 23.9. The molecule has 0 aliphatic carbocycles. The summed E-state index contributed by atoms with van der Waals surface area (Å²) >= 11 is 7.35. The summed E-state index contributed by atoms with van der Waals surface area (Å²) < 4.78 is 5.10. The van der Waals surface area contributed by atoms with Crippen molar-refractivity contribution >= 4 is 34.6 Å². The van der Waals surface area contributed by atoms with Gasteiger partial charge < -0.3 is 19.8 Å². The number of halogens is 1. The molecule has 0 radical (unpaired) electrons. The molecule has 1 aliphatic rings. The molecule has 2 aromatic carbocycles. The molecule has 2 heterocycles. The molecule has 3 aromatic rings. The topological polar surface area (TPSA) is 100.0 Å². The maximum Gasteiger partial charge on any atom is 0.290 e. The number of aliphatic hydroxyl groups excluding tert-OH is 1. The number of thiazole rings is 1. The first-order chi connectivity index (χ1) is 16.3. The van der Waals surface area contributed by atoms with Gasteiger partial charge in [-0.1, -0.05) is 48.0 Å². The number of aromatic nitrogens is 1. The van der Waals surface area contributed by atoms with Crippen molar-refractivity contribution in [3.63, 3.8) is 0 Å². The van der Waals surface area contributed by atoms with Gasteiger partial charge in [0.15, 0.2) is 5.76 Å². The summed E-state index contributed by atoms with van der Waals surface area (Å²) in [5.41, 5.74) is 1.86. The van der Waals surface area contributed by atoms with Gasteiger partial charge in [0.05, 0.1) is 27.2 Å². The number of amides is 1. The van der Waals surface area contributed by atoms with Crippen LogP contribution in [0.2, 0.25) is 5.02 Å². The zero-order valence-corrected chi connectivity index (χ0v) is 20.2. The van der Waals surface area contributed by atoms with Gasteiger partial charge in [0.25, 0.3) is 5.91 Å². The quantitative estimate of drug-likeness (QED) is 0.331. The number of phenols is 1. The summed E-state index contributed by atoms with van der Waals surface area (Å²) in [5.74, 6) is -1.82. The van der Waals surface area contributed by atoms with Crippen molar-refractivity contribution in [1.29, 1.82) is 0 Å². The van der Waals surface area contributed by atoms with Gasteiger partial charge in [0, 0.05) is 25.8 Å². The van der Waals surface area contributed by atoms with E-state index >= 15 is 0 Å². The Morgan fingerprint density at radius 3 is 2.62 bits per heavy atom. The molecule has 7 nitrogen and oxygen atoms in total. The lowest BCUT2D eigenvalue weighted by Crippen LogP contribution is -2.32. The third-order valence-corrected chi connectivity index (χ3v) is 7.11. The van der Waals surface area contributed by atoms with E-state index in [-0.39, 0.29) is 22.9 Å². The van der Waals surface area contributed by atoms with Crippen LogP contribution in [0.5, 0.6) is 5.75 Å². The number of phenolic OH excluding ortho intramolecular Hbond substituents is 1. The Bertz CT molecular complexity index is 1270.